The van der Waals surface area contributed by atoms with Crippen molar-refractivity contribution in [1.82, 2.24) is 14.8 Å². The molecule has 1 atom stereocenters. The first-order chi connectivity index (χ1) is 14.1. The molecule has 2 aliphatic heterocycles. The van der Waals surface area contributed by atoms with Crippen LogP contribution in [0, 0.1) is 0 Å². The minimum atomic E-state index is -1.14. The molecule has 1 aromatic carbocycles. The Balaban J connectivity index is 1.65. The molecule has 2 aliphatic rings. The summed E-state index contributed by atoms with van der Waals surface area (Å²) in [5, 5.41) is 0. The van der Waals surface area contributed by atoms with Crippen LogP contribution in [0.3, 0.4) is 0 Å². The summed E-state index contributed by atoms with van der Waals surface area (Å²) in [7, 11) is 0. The van der Waals surface area contributed by atoms with E-state index in [4.69, 9.17) is 0 Å². The first-order valence-corrected chi connectivity index (χ1v) is 10.9. The third-order valence-electron chi connectivity index (χ3n) is 5.62. The average molecular weight is 410 g/mol. The van der Waals surface area contributed by atoms with Gasteiger partial charge < -0.3 is 4.90 Å². The molecular formula is C22H23N3O3S. The number of nitrogens with zero attached hydrogens (tertiary/aromatic N) is 3. The number of pyridine rings is 1. The molecule has 3 heterocycles. The molecule has 0 spiro atoms. The Morgan fingerprint density at radius 1 is 1.07 bits per heavy atom. The number of amides is 3. The number of hydrogen-bond donors (Lipinski definition) is 0. The minimum Gasteiger partial charge on any atom is -0.341 e. The van der Waals surface area contributed by atoms with Gasteiger partial charge in [0.05, 0.1) is 12.0 Å². The fraction of sp³-hybridized carbons (Fsp3) is 0.364. The largest absolute Gasteiger partial charge is 0.341 e. The van der Waals surface area contributed by atoms with Gasteiger partial charge in [0.15, 0.2) is 0 Å². The van der Waals surface area contributed by atoms with Crippen molar-refractivity contribution >= 4 is 29.5 Å². The fourth-order valence-electron chi connectivity index (χ4n) is 4.04. The zero-order valence-corrected chi connectivity index (χ0v) is 16.9. The Hall–Kier alpha value is -2.67. The van der Waals surface area contributed by atoms with Crippen LogP contribution in [0.25, 0.3) is 0 Å². The summed E-state index contributed by atoms with van der Waals surface area (Å²) >= 11 is 1.83. The van der Waals surface area contributed by atoms with Gasteiger partial charge in [-0.1, -0.05) is 36.4 Å². The molecule has 0 saturated carbocycles. The van der Waals surface area contributed by atoms with Crippen LogP contribution in [0.5, 0.6) is 0 Å². The molecule has 0 unspecified atom stereocenters. The smallest absolute Gasteiger partial charge is 0.241 e. The highest BCUT2D eigenvalue weighted by atomic mass is 32.2. The number of likely N-dealkylation sites (tertiary alicyclic amines) is 1. The summed E-state index contributed by atoms with van der Waals surface area (Å²) in [5.74, 6) is 1.22. The van der Waals surface area contributed by atoms with Crippen LogP contribution in [-0.4, -0.2) is 57.1 Å². The van der Waals surface area contributed by atoms with Crippen LogP contribution in [-0.2, 0) is 26.3 Å². The highest BCUT2D eigenvalue weighted by molar-refractivity contribution is 7.99. The standard InChI is InChI=1S/C22H23N3O3S/c26-19(24-9-11-29-12-10-24)13-22(18-6-2-1-3-7-18)14-20(27)25(21(22)28)16-17-5-4-8-23-15-17/h1-8,15H,9-14,16H2/t22-/m1/s1. The molecule has 0 N–H and O–H groups in total. The first kappa shape index (κ1) is 19.6. The molecule has 1 aromatic heterocycles. The lowest BCUT2D eigenvalue weighted by Gasteiger charge is -2.32. The van der Waals surface area contributed by atoms with Crippen LogP contribution >= 0.6 is 11.8 Å². The Bertz CT molecular complexity index is 900. The molecule has 2 fully saturated rings. The van der Waals surface area contributed by atoms with Gasteiger partial charge in [-0.05, 0) is 17.2 Å². The molecular weight excluding hydrogens is 386 g/mol. The minimum absolute atomic E-state index is 0.0183. The van der Waals surface area contributed by atoms with E-state index in [0.717, 1.165) is 22.6 Å². The van der Waals surface area contributed by atoms with Crippen LogP contribution in [0.4, 0.5) is 0 Å². The Kier molecular flexibility index (Phi) is 5.67. The summed E-state index contributed by atoms with van der Waals surface area (Å²) < 4.78 is 0. The van der Waals surface area contributed by atoms with E-state index in [-0.39, 0.29) is 37.1 Å². The predicted octanol–water partition coefficient (Wildman–Crippen LogP) is 2.24. The monoisotopic (exact) mass is 409 g/mol. The van der Waals surface area contributed by atoms with Gasteiger partial charge in [-0.3, -0.25) is 24.3 Å². The van der Waals surface area contributed by atoms with E-state index in [1.165, 1.54) is 4.90 Å². The molecule has 29 heavy (non-hydrogen) atoms. The molecule has 2 aromatic rings. The van der Waals surface area contributed by atoms with Crippen LogP contribution in [0.15, 0.2) is 54.9 Å². The fourth-order valence-corrected chi connectivity index (χ4v) is 4.94. The van der Waals surface area contributed by atoms with Gasteiger partial charge in [0.1, 0.15) is 0 Å². The molecule has 0 aliphatic carbocycles. The lowest BCUT2D eigenvalue weighted by molar-refractivity contribution is -0.143. The van der Waals surface area contributed by atoms with Crippen LogP contribution in [0.1, 0.15) is 24.0 Å². The van der Waals surface area contributed by atoms with Gasteiger partial charge in [0, 0.05) is 49.8 Å². The number of thioether (sulfide) groups is 1. The highest BCUT2D eigenvalue weighted by Crippen LogP contribution is 2.41. The van der Waals surface area contributed by atoms with Crippen molar-refractivity contribution in [3.05, 3.63) is 66.0 Å². The van der Waals surface area contributed by atoms with Gasteiger partial charge in [-0.25, -0.2) is 0 Å². The topological polar surface area (TPSA) is 70.6 Å². The summed E-state index contributed by atoms with van der Waals surface area (Å²) in [6, 6.07) is 12.9. The maximum atomic E-state index is 13.6. The van der Waals surface area contributed by atoms with Gasteiger partial charge >= 0.3 is 0 Å². The van der Waals surface area contributed by atoms with E-state index in [2.05, 4.69) is 4.98 Å². The SMILES string of the molecule is O=C(C[C@]1(c2ccccc2)CC(=O)N(Cc2cccnc2)C1=O)N1CCSCC1. The molecule has 150 valence electrons. The van der Waals surface area contributed by atoms with Crippen molar-refractivity contribution in [2.75, 3.05) is 24.6 Å². The summed E-state index contributed by atoms with van der Waals surface area (Å²) in [4.78, 5) is 46.7. The second-order valence-corrected chi connectivity index (χ2v) is 8.67. The zero-order chi connectivity index (χ0) is 20.3. The first-order valence-electron chi connectivity index (χ1n) is 9.75. The average Bonchev–Trinajstić information content (AvgIpc) is 3.00. The molecule has 3 amide bonds. The Morgan fingerprint density at radius 2 is 1.83 bits per heavy atom. The van der Waals surface area contributed by atoms with Gasteiger partial charge in [0.2, 0.25) is 17.7 Å². The molecule has 0 radical (unpaired) electrons. The number of carbonyl (C=O) groups excluding carboxylic acids is 3. The van der Waals surface area contributed by atoms with Crippen molar-refractivity contribution in [2.24, 2.45) is 0 Å². The second-order valence-electron chi connectivity index (χ2n) is 7.44. The molecule has 6 nitrogen and oxygen atoms in total. The molecule has 4 rings (SSSR count). The number of benzene rings is 1. The maximum absolute atomic E-state index is 13.6. The summed E-state index contributed by atoms with van der Waals surface area (Å²) in [6.07, 6.45) is 3.35. The number of imide groups is 1. The lowest BCUT2D eigenvalue weighted by Crippen LogP contribution is -2.45. The predicted molar refractivity (Wildman–Crippen MR) is 111 cm³/mol. The molecule has 0 bridgehead atoms. The molecule has 2 saturated heterocycles. The van der Waals surface area contributed by atoms with E-state index in [1.54, 1.807) is 18.5 Å². The summed E-state index contributed by atoms with van der Waals surface area (Å²) in [6.45, 7) is 1.56. The molecule has 7 heteroatoms. The second kappa shape index (κ2) is 8.37. The Labute approximate surface area is 174 Å². The van der Waals surface area contributed by atoms with E-state index < -0.39 is 5.41 Å². The third-order valence-corrected chi connectivity index (χ3v) is 6.56. The lowest BCUT2D eigenvalue weighted by atomic mass is 9.75. The summed E-state index contributed by atoms with van der Waals surface area (Å²) in [5.41, 5.74) is 0.381. The number of hydrogen-bond acceptors (Lipinski definition) is 5. The highest BCUT2D eigenvalue weighted by Gasteiger charge is 2.54. The van der Waals surface area contributed by atoms with E-state index >= 15 is 0 Å². The van der Waals surface area contributed by atoms with Gasteiger partial charge in [-0.15, -0.1) is 0 Å². The van der Waals surface area contributed by atoms with Crippen molar-refractivity contribution in [2.45, 2.75) is 24.8 Å². The van der Waals surface area contributed by atoms with Crippen molar-refractivity contribution in [3.8, 4) is 0 Å². The zero-order valence-electron chi connectivity index (χ0n) is 16.1. The Morgan fingerprint density at radius 3 is 2.52 bits per heavy atom. The quantitative estimate of drug-likeness (QED) is 0.709. The van der Waals surface area contributed by atoms with E-state index in [1.807, 2.05) is 53.1 Å². The third kappa shape index (κ3) is 3.92. The van der Waals surface area contributed by atoms with Crippen molar-refractivity contribution in [3.63, 3.8) is 0 Å². The number of rotatable bonds is 5. The normalized spacial score (nSPS) is 22.2. The van der Waals surface area contributed by atoms with Gasteiger partial charge in [0.25, 0.3) is 0 Å². The van der Waals surface area contributed by atoms with Crippen molar-refractivity contribution < 1.29 is 14.4 Å². The van der Waals surface area contributed by atoms with Crippen LogP contribution in [0.2, 0.25) is 0 Å². The van der Waals surface area contributed by atoms with E-state index in [9.17, 15) is 14.4 Å². The maximum Gasteiger partial charge on any atom is 0.241 e. The number of carbonyl (C=O) groups is 3. The van der Waals surface area contributed by atoms with Gasteiger partial charge in [-0.2, -0.15) is 11.8 Å². The van der Waals surface area contributed by atoms with Crippen molar-refractivity contribution in [1.29, 1.82) is 0 Å². The van der Waals surface area contributed by atoms with E-state index in [0.29, 0.717) is 13.1 Å². The van der Waals surface area contributed by atoms with Crippen LogP contribution < -0.4 is 0 Å². The number of aromatic nitrogens is 1.